The number of thiazole rings is 1. The maximum absolute atomic E-state index is 12.9. The van der Waals surface area contributed by atoms with E-state index >= 15 is 0 Å². The summed E-state index contributed by atoms with van der Waals surface area (Å²) < 4.78 is 45.4. The molecule has 39 heavy (non-hydrogen) atoms. The number of alkyl halides is 3. The molecule has 208 valence electrons. The van der Waals surface area contributed by atoms with Crippen molar-refractivity contribution in [3.05, 3.63) is 53.0 Å². The number of nitrogens with zero attached hydrogens (tertiary/aromatic N) is 4. The molecule has 2 saturated heterocycles. The van der Waals surface area contributed by atoms with E-state index in [1.807, 2.05) is 25.1 Å². The average Bonchev–Trinajstić information content (AvgIpc) is 3.40. The smallest absolute Gasteiger partial charge is 0.416 e. The first-order chi connectivity index (χ1) is 18.6. The van der Waals surface area contributed by atoms with Crippen LogP contribution in [0.4, 0.5) is 18.9 Å². The maximum Gasteiger partial charge on any atom is 0.416 e. The second-order valence-corrected chi connectivity index (χ2v) is 11.2. The Balaban J connectivity index is 1.07. The van der Waals surface area contributed by atoms with E-state index in [2.05, 4.69) is 14.8 Å². The molecule has 0 bridgehead atoms. The molecular weight excluding hydrogens is 533 g/mol. The van der Waals surface area contributed by atoms with E-state index in [-0.39, 0.29) is 24.6 Å². The lowest BCUT2D eigenvalue weighted by Crippen LogP contribution is -2.50. The molecule has 3 aromatic rings. The van der Waals surface area contributed by atoms with Crippen molar-refractivity contribution in [2.75, 3.05) is 50.8 Å². The van der Waals surface area contributed by atoms with Crippen molar-refractivity contribution in [1.29, 1.82) is 0 Å². The topological polar surface area (TPSA) is 86.2 Å². The molecule has 3 heterocycles. The second kappa shape index (κ2) is 11.2. The van der Waals surface area contributed by atoms with Gasteiger partial charge in [-0.1, -0.05) is 0 Å². The van der Waals surface area contributed by atoms with Crippen molar-refractivity contribution in [2.24, 2.45) is 5.92 Å². The number of fused-ring (bicyclic) bond motifs is 1. The van der Waals surface area contributed by atoms with Gasteiger partial charge in [0.25, 0.3) is 0 Å². The molecule has 5 rings (SSSR count). The highest BCUT2D eigenvalue weighted by atomic mass is 32.1. The van der Waals surface area contributed by atoms with Gasteiger partial charge in [0.2, 0.25) is 11.8 Å². The summed E-state index contributed by atoms with van der Waals surface area (Å²) in [5, 5.41) is 11.5. The van der Waals surface area contributed by atoms with Gasteiger partial charge in [-0.05, 0) is 43.3 Å². The Hall–Kier alpha value is -3.06. The quantitative estimate of drug-likeness (QED) is 0.420. The lowest BCUT2D eigenvalue weighted by molar-refractivity contribution is -0.137. The highest BCUT2D eigenvalue weighted by Crippen LogP contribution is 2.33. The molecule has 2 aliphatic rings. The molecule has 0 spiro atoms. The lowest BCUT2D eigenvalue weighted by atomic mass is 10.1. The molecule has 0 saturated carbocycles. The number of anilines is 1. The molecule has 1 aromatic heterocycles. The monoisotopic (exact) mass is 562 g/mol. The van der Waals surface area contributed by atoms with Crippen molar-refractivity contribution in [3.8, 4) is 5.75 Å². The molecule has 2 aliphatic heterocycles. The number of hydrogen-bond acceptors (Lipinski definition) is 8. The van der Waals surface area contributed by atoms with E-state index in [0.29, 0.717) is 45.0 Å². The standard InChI is InChI=1S/C27H29F3N4O4S/c1-17-31-23-13-22(6-7-24(23)39-17)38-16-21(35)15-33-10-8-32(9-11-33)14-18-12-25(36)34(26(18)37)20-4-2-19(3-5-20)27(28,29)30/h2-7,13,18,21,35H,8-12,14-16H2,1H3/t18?,21-/m1/s1. The number of imide groups is 1. The molecule has 0 radical (unpaired) electrons. The fourth-order valence-corrected chi connectivity index (χ4v) is 5.84. The van der Waals surface area contributed by atoms with Crippen LogP contribution in [0.2, 0.25) is 0 Å². The molecule has 2 atom stereocenters. The molecule has 1 N–H and O–H groups in total. The number of halogens is 3. The Morgan fingerprint density at radius 1 is 1.08 bits per heavy atom. The number of piperazine rings is 1. The van der Waals surface area contributed by atoms with E-state index in [1.54, 1.807) is 11.3 Å². The Morgan fingerprint density at radius 3 is 2.46 bits per heavy atom. The van der Waals surface area contributed by atoms with Crippen LogP contribution in [0.5, 0.6) is 5.75 Å². The first kappa shape index (κ1) is 27.5. The van der Waals surface area contributed by atoms with Crippen LogP contribution >= 0.6 is 11.3 Å². The van der Waals surface area contributed by atoms with Crippen LogP contribution in [0, 0.1) is 12.8 Å². The SMILES string of the molecule is Cc1nc2cc(OC[C@H](O)CN3CCN(CC4CC(=O)N(c5ccc(C(F)(F)F)cc5)C4=O)CC3)ccc2s1. The first-order valence-corrected chi connectivity index (χ1v) is 13.6. The van der Waals surface area contributed by atoms with Crippen LogP contribution in [-0.2, 0) is 15.8 Å². The maximum atomic E-state index is 12.9. The molecule has 2 aromatic carbocycles. The number of β-amino-alcohol motifs (C(OH)–C–C–N with tert-alkyl or cyclic N) is 1. The molecule has 2 fully saturated rings. The predicted octanol–water partition coefficient (Wildman–Crippen LogP) is 3.56. The number of ether oxygens (including phenoxy) is 1. The van der Waals surface area contributed by atoms with E-state index in [0.717, 1.165) is 44.4 Å². The highest BCUT2D eigenvalue weighted by Gasteiger charge is 2.41. The highest BCUT2D eigenvalue weighted by molar-refractivity contribution is 7.18. The first-order valence-electron chi connectivity index (χ1n) is 12.7. The number of carbonyl (C=O) groups excluding carboxylic acids is 2. The van der Waals surface area contributed by atoms with E-state index in [1.165, 1.54) is 0 Å². The number of hydrogen-bond donors (Lipinski definition) is 1. The summed E-state index contributed by atoms with van der Waals surface area (Å²) in [6.45, 7) is 5.70. The normalized spacial score (nSPS) is 20.2. The van der Waals surface area contributed by atoms with Gasteiger partial charge in [-0.3, -0.25) is 24.3 Å². The minimum atomic E-state index is -4.48. The van der Waals surface area contributed by atoms with Crippen LogP contribution in [0.1, 0.15) is 17.0 Å². The number of rotatable bonds is 8. The third-order valence-corrected chi connectivity index (χ3v) is 7.97. The van der Waals surface area contributed by atoms with Gasteiger partial charge in [-0.2, -0.15) is 13.2 Å². The van der Waals surface area contributed by atoms with Crippen LogP contribution < -0.4 is 9.64 Å². The van der Waals surface area contributed by atoms with Gasteiger partial charge in [-0.15, -0.1) is 11.3 Å². The summed E-state index contributed by atoms with van der Waals surface area (Å²) in [6, 6.07) is 9.79. The van der Waals surface area contributed by atoms with Gasteiger partial charge in [-0.25, -0.2) is 4.98 Å². The van der Waals surface area contributed by atoms with E-state index in [9.17, 15) is 27.9 Å². The number of aliphatic hydroxyl groups excluding tert-OH is 1. The Bertz CT molecular complexity index is 1340. The van der Waals surface area contributed by atoms with Crippen LogP contribution in [-0.4, -0.2) is 83.7 Å². The summed E-state index contributed by atoms with van der Waals surface area (Å²) >= 11 is 1.62. The zero-order valence-corrected chi connectivity index (χ0v) is 22.2. The minimum Gasteiger partial charge on any atom is -0.491 e. The lowest BCUT2D eigenvalue weighted by Gasteiger charge is -2.36. The largest absolute Gasteiger partial charge is 0.491 e. The predicted molar refractivity (Wildman–Crippen MR) is 141 cm³/mol. The van der Waals surface area contributed by atoms with Gasteiger partial charge < -0.3 is 9.84 Å². The Labute approximate surface area is 227 Å². The number of aromatic nitrogens is 1. The third kappa shape index (κ3) is 6.40. The molecular formula is C27H29F3N4O4S. The molecule has 12 heteroatoms. The molecule has 1 unspecified atom stereocenters. The number of aliphatic hydroxyl groups is 1. The number of benzene rings is 2. The zero-order chi connectivity index (χ0) is 27.7. The minimum absolute atomic E-state index is 0.0301. The van der Waals surface area contributed by atoms with Gasteiger partial charge in [0, 0.05) is 51.8 Å². The van der Waals surface area contributed by atoms with E-state index < -0.39 is 29.7 Å². The van der Waals surface area contributed by atoms with Crippen LogP contribution in [0.15, 0.2) is 42.5 Å². The van der Waals surface area contributed by atoms with Crippen molar-refractivity contribution in [2.45, 2.75) is 25.6 Å². The van der Waals surface area contributed by atoms with Gasteiger partial charge in [0.1, 0.15) is 18.5 Å². The summed E-state index contributed by atoms with van der Waals surface area (Å²) in [5.41, 5.74) is 0.206. The average molecular weight is 563 g/mol. The molecule has 8 nitrogen and oxygen atoms in total. The third-order valence-electron chi connectivity index (χ3n) is 7.01. The number of amides is 2. The Kier molecular flexibility index (Phi) is 7.90. The fraction of sp³-hybridized carbons (Fsp3) is 0.444. The number of carbonyl (C=O) groups is 2. The van der Waals surface area contributed by atoms with Gasteiger partial charge in [0.05, 0.1) is 32.4 Å². The van der Waals surface area contributed by atoms with E-state index in [4.69, 9.17) is 4.74 Å². The summed E-state index contributed by atoms with van der Waals surface area (Å²) in [5.74, 6) is -0.668. The van der Waals surface area contributed by atoms with Gasteiger partial charge >= 0.3 is 6.18 Å². The molecule has 0 aliphatic carbocycles. The van der Waals surface area contributed by atoms with Crippen LogP contribution in [0.3, 0.4) is 0 Å². The fourth-order valence-electron chi connectivity index (χ4n) is 5.03. The second-order valence-electron chi connectivity index (χ2n) is 9.94. The Morgan fingerprint density at radius 2 is 1.77 bits per heavy atom. The van der Waals surface area contributed by atoms with Gasteiger partial charge in [0.15, 0.2) is 0 Å². The number of aryl methyl sites for hydroxylation is 1. The molecule has 2 amide bonds. The van der Waals surface area contributed by atoms with Crippen molar-refractivity contribution in [3.63, 3.8) is 0 Å². The summed E-state index contributed by atoms with van der Waals surface area (Å²) in [7, 11) is 0. The summed E-state index contributed by atoms with van der Waals surface area (Å²) in [4.78, 5) is 35.2. The van der Waals surface area contributed by atoms with Crippen molar-refractivity contribution < 1.29 is 32.6 Å². The van der Waals surface area contributed by atoms with Crippen molar-refractivity contribution >= 4 is 39.1 Å². The van der Waals surface area contributed by atoms with Crippen molar-refractivity contribution in [1.82, 2.24) is 14.8 Å². The summed E-state index contributed by atoms with van der Waals surface area (Å²) in [6.07, 6.45) is -5.13. The van der Waals surface area contributed by atoms with Crippen LogP contribution in [0.25, 0.3) is 10.2 Å². The zero-order valence-electron chi connectivity index (χ0n) is 21.4.